The molecule has 1 aliphatic rings. The highest BCUT2D eigenvalue weighted by Gasteiger charge is 2.31. The Hall–Kier alpha value is -2.19. The molecule has 0 saturated carbocycles. The van der Waals surface area contributed by atoms with Crippen LogP contribution >= 0.6 is 11.3 Å². The van der Waals surface area contributed by atoms with Crippen LogP contribution in [0.5, 0.6) is 0 Å². The van der Waals surface area contributed by atoms with E-state index >= 15 is 0 Å². The van der Waals surface area contributed by atoms with Crippen LogP contribution in [0.2, 0.25) is 0 Å². The molecule has 3 rings (SSSR count). The van der Waals surface area contributed by atoms with Crippen LogP contribution < -0.4 is 5.32 Å². The second kappa shape index (κ2) is 8.01. The highest BCUT2D eigenvalue weighted by Crippen LogP contribution is 2.36. The average Bonchev–Trinajstić information content (AvgIpc) is 3.34. The molecule has 0 unspecified atom stereocenters. The van der Waals surface area contributed by atoms with Gasteiger partial charge in [0.15, 0.2) is 0 Å². The Kier molecular flexibility index (Phi) is 5.73. The minimum absolute atomic E-state index is 0.00441. The largest absolute Gasteiger partial charge is 0.375 e. The predicted octanol–water partition coefficient (Wildman–Crippen LogP) is 3.09. The van der Waals surface area contributed by atoms with Crippen molar-refractivity contribution in [3.63, 3.8) is 0 Å². The van der Waals surface area contributed by atoms with Crippen LogP contribution in [0.3, 0.4) is 0 Å². The summed E-state index contributed by atoms with van der Waals surface area (Å²) >= 11 is 1.44. The van der Waals surface area contributed by atoms with Crippen LogP contribution in [0.25, 0.3) is 0 Å². The number of nitrogens with one attached hydrogen (secondary N) is 1. The molecule has 0 aromatic carbocycles. The number of rotatable bonds is 6. The molecule has 7 nitrogen and oxygen atoms in total. The van der Waals surface area contributed by atoms with Crippen molar-refractivity contribution in [2.45, 2.75) is 38.8 Å². The molecule has 0 aliphatic carbocycles. The van der Waals surface area contributed by atoms with Crippen molar-refractivity contribution in [2.24, 2.45) is 0 Å². The van der Waals surface area contributed by atoms with Crippen molar-refractivity contribution < 1.29 is 14.3 Å². The van der Waals surface area contributed by atoms with Gasteiger partial charge in [-0.1, -0.05) is 0 Å². The van der Waals surface area contributed by atoms with Gasteiger partial charge in [-0.25, -0.2) is 4.68 Å². The van der Waals surface area contributed by atoms with E-state index in [2.05, 4.69) is 10.4 Å². The van der Waals surface area contributed by atoms with Crippen molar-refractivity contribution in [3.8, 4) is 0 Å². The number of thiophene rings is 1. The summed E-state index contributed by atoms with van der Waals surface area (Å²) in [6.45, 7) is 4.85. The van der Waals surface area contributed by atoms with E-state index in [4.69, 9.17) is 4.74 Å². The van der Waals surface area contributed by atoms with Gasteiger partial charge in [0.1, 0.15) is 12.4 Å². The second-order valence-corrected chi connectivity index (χ2v) is 7.70. The van der Waals surface area contributed by atoms with Gasteiger partial charge < -0.3 is 15.0 Å². The standard InChI is InChI=1S/C18H24N4O3S/c1-12(2)22-16(8-9-19-22)20-18(24)15-7-6-14(26-15)13-5-4-10-21(13)17(23)11-25-3/h6-9,12-13H,4-5,10-11H2,1-3H3,(H,20,24)/t13-/m1/s1. The number of methoxy groups -OCH3 is 1. The zero-order valence-electron chi connectivity index (χ0n) is 15.3. The van der Waals surface area contributed by atoms with Crippen LogP contribution in [-0.2, 0) is 9.53 Å². The van der Waals surface area contributed by atoms with E-state index in [9.17, 15) is 9.59 Å². The number of nitrogens with zero attached hydrogens (tertiary/aromatic N) is 3. The average molecular weight is 376 g/mol. The lowest BCUT2D eigenvalue weighted by atomic mass is 10.2. The zero-order chi connectivity index (χ0) is 18.7. The summed E-state index contributed by atoms with van der Waals surface area (Å²) in [6, 6.07) is 5.75. The topological polar surface area (TPSA) is 76.5 Å². The quantitative estimate of drug-likeness (QED) is 0.840. The van der Waals surface area contributed by atoms with E-state index in [1.807, 2.05) is 30.9 Å². The zero-order valence-corrected chi connectivity index (χ0v) is 16.1. The van der Waals surface area contributed by atoms with Crippen LogP contribution in [-0.4, -0.2) is 46.8 Å². The van der Waals surface area contributed by atoms with E-state index < -0.39 is 0 Å². The molecule has 0 radical (unpaired) electrons. The maximum atomic E-state index is 12.6. The van der Waals surface area contributed by atoms with E-state index in [1.54, 1.807) is 16.9 Å². The first-order valence-corrected chi connectivity index (χ1v) is 9.56. The number of carbonyl (C=O) groups excluding carboxylic acids is 2. The fourth-order valence-electron chi connectivity index (χ4n) is 3.22. The molecule has 140 valence electrons. The molecule has 8 heteroatoms. The van der Waals surface area contributed by atoms with Gasteiger partial charge in [0.25, 0.3) is 5.91 Å². The maximum Gasteiger partial charge on any atom is 0.266 e. The molecule has 3 heterocycles. The first-order valence-electron chi connectivity index (χ1n) is 8.74. The van der Waals surface area contributed by atoms with Gasteiger partial charge in [-0.3, -0.25) is 9.59 Å². The number of hydrogen-bond donors (Lipinski definition) is 1. The Morgan fingerprint density at radius 3 is 2.92 bits per heavy atom. The molecule has 1 N–H and O–H groups in total. The van der Waals surface area contributed by atoms with Gasteiger partial charge in [-0.15, -0.1) is 11.3 Å². The van der Waals surface area contributed by atoms with Crippen LogP contribution in [0.4, 0.5) is 5.82 Å². The number of likely N-dealkylation sites (tertiary alicyclic amines) is 1. The Balaban J connectivity index is 1.72. The summed E-state index contributed by atoms with van der Waals surface area (Å²) in [5, 5.41) is 7.14. The Morgan fingerprint density at radius 2 is 2.19 bits per heavy atom. The normalized spacial score (nSPS) is 17.1. The molecule has 2 amide bonds. The molecular formula is C18H24N4O3S. The molecule has 1 atom stereocenters. The van der Waals surface area contributed by atoms with E-state index in [1.165, 1.54) is 18.4 Å². The third-order valence-electron chi connectivity index (χ3n) is 4.42. The summed E-state index contributed by atoms with van der Waals surface area (Å²) in [6.07, 6.45) is 3.55. The predicted molar refractivity (Wildman–Crippen MR) is 100 cm³/mol. The van der Waals surface area contributed by atoms with E-state index in [-0.39, 0.29) is 30.5 Å². The van der Waals surface area contributed by atoms with Crippen molar-refractivity contribution in [1.82, 2.24) is 14.7 Å². The summed E-state index contributed by atoms with van der Waals surface area (Å²) in [7, 11) is 1.53. The van der Waals surface area contributed by atoms with Gasteiger partial charge in [-0.05, 0) is 38.8 Å². The molecule has 26 heavy (non-hydrogen) atoms. The van der Waals surface area contributed by atoms with E-state index in [0.717, 1.165) is 24.3 Å². The highest BCUT2D eigenvalue weighted by atomic mass is 32.1. The van der Waals surface area contributed by atoms with Gasteiger partial charge in [-0.2, -0.15) is 5.10 Å². The molecule has 0 bridgehead atoms. The molecule has 1 saturated heterocycles. The SMILES string of the molecule is COCC(=O)N1CCC[C@@H]1c1ccc(C(=O)Nc2ccnn2C(C)C)s1. The second-order valence-electron chi connectivity index (χ2n) is 6.59. The molecule has 1 aliphatic heterocycles. The lowest BCUT2D eigenvalue weighted by Crippen LogP contribution is -2.32. The Morgan fingerprint density at radius 1 is 1.38 bits per heavy atom. The minimum Gasteiger partial charge on any atom is -0.375 e. The number of ether oxygens (including phenoxy) is 1. The van der Waals surface area contributed by atoms with Crippen molar-refractivity contribution in [1.29, 1.82) is 0 Å². The van der Waals surface area contributed by atoms with Gasteiger partial charge in [0.05, 0.1) is 17.1 Å². The monoisotopic (exact) mass is 376 g/mol. The first-order chi connectivity index (χ1) is 12.5. The molecule has 2 aromatic heterocycles. The summed E-state index contributed by atoms with van der Waals surface area (Å²) < 4.78 is 6.75. The van der Waals surface area contributed by atoms with Crippen LogP contribution in [0.1, 0.15) is 53.3 Å². The van der Waals surface area contributed by atoms with Crippen molar-refractivity contribution >= 4 is 29.0 Å². The number of amides is 2. The number of aromatic nitrogens is 2. The molecule has 2 aromatic rings. The van der Waals surface area contributed by atoms with Gasteiger partial charge in [0.2, 0.25) is 5.91 Å². The molecule has 0 spiro atoms. The smallest absolute Gasteiger partial charge is 0.266 e. The van der Waals surface area contributed by atoms with Crippen LogP contribution in [0.15, 0.2) is 24.4 Å². The third kappa shape index (κ3) is 3.81. The lowest BCUT2D eigenvalue weighted by molar-refractivity contribution is -0.136. The Labute approximate surface area is 156 Å². The van der Waals surface area contributed by atoms with Crippen molar-refractivity contribution in [3.05, 3.63) is 34.2 Å². The van der Waals surface area contributed by atoms with Gasteiger partial charge >= 0.3 is 0 Å². The number of hydrogen-bond acceptors (Lipinski definition) is 5. The van der Waals surface area contributed by atoms with Crippen LogP contribution in [0, 0.1) is 0 Å². The number of carbonyl (C=O) groups is 2. The first kappa shape index (κ1) is 18.6. The fraction of sp³-hybridized carbons (Fsp3) is 0.500. The van der Waals surface area contributed by atoms with E-state index in [0.29, 0.717) is 10.7 Å². The lowest BCUT2D eigenvalue weighted by Gasteiger charge is -2.23. The Bertz CT molecular complexity index is 783. The highest BCUT2D eigenvalue weighted by molar-refractivity contribution is 7.14. The number of anilines is 1. The maximum absolute atomic E-state index is 12.6. The molecular weight excluding hydrogens is 352 g/mol. The minimum atomic E-state index is -0.156. The molecule has 1 fully saturated rings. The van der Waals surface area contributed by atoms with Gasteiger partial charge in [0, 0.05) is 30.6 Å². The third-order valence-corrected chi connectivity index (χ3v) is 5.61. The summed E-state index contributed by atoms with van der Waals surface area (Å²) in [5.41, 5.74) is 0. The van der Waals surface area contributed by atoms with Crippen molar-refractivity contribution in [2.75, 3.05) is 25.6 Å². The summed E-state index contributed by atoms with van der Waals surface area (Å²) in [4.78, 5) is 28.3. The summed E-state index contributed by atoms with van der Waals surface area (Å²) in [5.74, 6) is 0.518. The fourth-order valence-corrected chi connectivity index (χ4v) is 4.28.